The van der Waals surface area contributed by atoms with Gasteiger partial charge in [-0.1, -0.05) is 18.2 Å². The second-order valence-electron chi connectivity index (χ2n) is 6.69. The number of carbonyl (C=O) groups excluding carboxylic acids is 1. The maximum atomic E-state index is 12.6. The van der Waals surface area contributed by atoms with Crippen molar-refractivity contribution in [2.45, 2.75) is 6.92 Å². The van der Waals surface area contributed by atoms with Gasteiger partial charge in [-0.25, -0.2) is 15.2 Å². The van der Waals surface area contributed by atoms with Gasteiger partial charge in [0, 0.05) is 36.8 Å². The third kappa shape index (κ3) is 3.02. The highest BCUT2D eigenvalue weighted by atomic mass is 16.2. The number of nitrogens with one attached hydrogen (secondary N) is 2. The normalized spacial score (nSPS) is 11.6. The van der Waals surface area contributed by atoms with E-state index in [2.05, 4.69) is 20.5 Å². The van der Waals surface area contributed by atoms with E-state index in [1.807, 2.05) is 24.3 Å². The molecule has 146 valence electrons. The van der Waals surface area contributed by atoms with Gasteiger partial charge in [-0.05, 0) is 19.1 Å². The van der Waals surface area contributed by atoms with Crippen LogP contribution in [-0.2, 0) is 14.1 Å². The number of benzene rings is 1. The summed E-state index contributed by atoms with van der Waals surface area (Å²) in [5.41, 5.74) is 4.12. The molecule has 0 saturated heterocycles. The van der Waals surface area contributed by atoms with Gasteiger partial charge in [-0.2, -0.15) is 5.10 Å². The lowest BCUT2D eigenvalue weighted by molar-refractivity contribution is 0.0954. The van der Waals surface area contributed by atoms with Gasteiger partial charge >= 0.3 is 5.69 Å². The molecule has 4 aromatic rings. The number of hydrazone groups is 1. The predicted molar refractivity (Wildman–Crippen MR) is 110 cm³/mol. The Labute approximate surface area is 164 Å². The number of H-pyrrole nitrogens is 1. The summed E-state index contributed by atoms with van der Waals surface area (Å²) in [7, 11) is 2.91. The molecule has 1 amide bonds. The molecule has 0 aliphatic rings. The Balaban J connectivity index is 1.67. The van der Waals surface area contributed by atoms with Crippen LogP contribution in [0.5, 0.6) is 0 Å². The van der Waals surface area contributed by atoms with Crippen LogP contribution in [0.2, 0.25) is 0 Å². The van der Waals surface area contributed by atoms with E-state index in [4.69, 9.17) is 0 Å². The van der Waals surface area contributed by atoms with E-state index < -0.39 is 17.2 Å². The van der Waals surface area contributed by atoms with Crippen LogP contribution in [0.25, 0.3) is 21.9 Å². The molecule has 2 N–H and O–H groups in total. The number of carbonyl (C=O) groups is 1. The van der Waals surface area contributed by atoms with Crippen LogP contribution >= 0.6 is 0 Å². The molecule has 29 heavy (non-hydrogen) atoms. The van der Waals surface area contributed by atoms with Gasteiger partial charge in [0.2, 0.25) is 0 Å². The van der Waals surface area contributed by atoms with Crippen LogP contribution < -0.4 is 16.7 Å². The summed E-state index contributed by atoms with van der Waals surface area (Å²) >= 11 is 0. The Morgan fingerprint density at radius 3 is 2.72 bits per heavy atom. The van der Waals surface area contributed by atoms with E-state index in [0.29, 0.717) is 5.69 Å². The summed E-state index contributed by atoms with van der Waals surface area (Å²) in [5.74, 6) is -0.496. The molecule has 9 heteroatoms. The van der Waals surface area contributed by atoms with Crippen molar-refractivity contribution in [3.8, 4) is 0 Å². The molecule has 9 nitrogen and oxygen atoms in total. The summed E-state index contributed by atoms with van der Waals surface area (Å²) < 4.78 is 2.26. The van der Waals surface area contributed by atoms with Gasteiger partial charge in [-0.15, -0.1) is 0 Å². The van der Waals surface area contributed by atoms with Crippen LogP contribution in [0.4, 0.5) is 0 Å². The van der Waals surface area contributed by atoms with Crippen molar-refractivity contribution in [1.29, 1.82) is 0 Å². The fraction of sp³-hybridized carbons (Fsp3) is 0.150. The SMILES string of the molecule is Cc1nc2c(cc1C(=O)N/N=C\c1c[nH]c3ccccc13)c(=O)n(C)c(=O)n2C. The number of hydrogen-bond donors (Lipinski definition) is 2. The maximum absolute atomic E-state index is 12.6. The van der Waals surface area contributed by atoms with E-state index in [9.17, 15) is 14.4 Å². The van der Waals surface area contributed by atoms with Gasteiger partial charge in [0.1, 0.15) is 5.65 Å². The lowest BCUT2D eigenvalue weighted by atomic mass is 10.1. The van der Waals surface area contributed by atoms with Crippen molar-refractivity contribution in [1.82, 2.24) is 24.5 Å². The van der Waals surface area contributed by atoms with Crippen molar-refractivity contribution in [2.24, 2.45) is 19.2 Å². The predicted octanol–water partition coefficient (Wildman–Crippen LogP) is 1.19. The van der Waals surface area contributed by atoms with Crippen molar-refractivity contribution in [2.75, 3.05) is 0 Å². The molecular weight excluding hydrogens is 372 g/mol. The van der Waals surface area contributed by atoms with E-state index in [-0.39, 0.29) is 16.6 Å². The molecular formula is C20H18N6O3. The number of aromatic nitrogens is 4. The Bertz CT molecular complexity index is 1420. The second kappa shape index (κ2) is 6.86. The van der Waals surface area contributed by atoms with Gasteiger partial charge in [-0.3, -0.25) is 18.7 Å². The summed E-state index contributed by atoms with van der Waals surface area (Å²) in [6, 6.07) is 9.19. The van der Waals surface area contributed by atoms with E-state index in [0.717, 1.165) is 21.0 Å². The zero-order chi connectivity index (χ0) is 20.7. The quantitative estimate of drug-likeness (QED) is 0.404. The molecule has 0 saturated carbocycles. The lowest BCUT2D eigenvalue weighted by Crippen LogP contribution is -2.37. The number of hydrogen-bond acceptors (Lipinski definition) is 5. The highest BCUT2D eigenvalue weighted by molar-refractivity contribution is 6.01. The number of amides is 1. The van der Waals surface area contributed by atoms with Crippen LogP contribution in [0.1, 0.15) is 21.6 Å². The molecule has 1 aromatic carbocycles. The van der Waals surface area contributed by atoms with Gasteiger partial charge in [0.15, 0.2) is 0 Å². The standard InChI is InChI=1S/C20H18N6O3/c1-11-14(8-15-17(23-11)25(2)20(29)26(3)19(15)28)18(27)24-22-10-12-9-21-16-7-5-4-6-13(12)16/h4-10,21H,1-3H3,(H,24,27)/b22-10-. The van der Waals surface area contributed by atoms with Crippen molar-refractivity contribution < 1.29 is 4.79 Å². The lowest BCUT2D eigenvalue weighted by Gasteiger charge is -2.10. The molecule has 0 unspecified atom stereocenters. The molecule has 0 fully saturated rings. The van der Waals surface area contributed by atoms with Crippen LogP contribution in [0.3, 0.4) is 0 Å². The number of aromatic amines is 1. The number of aryl methyl sites for hydroxylation is 2. The van der Waals surface area contributed by atoms with E-state index >= 15 is 0 Å². The van der Waals surface area contributed by atoms with Gasteiger partial charge in [0.25, 0.3) is 11.5 Å². The molecule has 3 heterocycles. The molecule has 0 bridgehead atoms. The summed E-state index contributed by atoms with van der Waals surface area (Å²) in [5, 5.41) is 5.19. The monoisotopic (exact) mass is 390 g/mol. The fourth-order valence-electron chi connectivity index (χ4n) is 3.24. The second-order valence-corrected chi connectivity index (χ2v) is 6.69. The van der Waals surface area contributed by atoms with E-state index in [1.165, 1.54) is 24.7 Å². The van der Waals surface area contributed by atoms with Crippen LogP contribution in [0.15, 0.2) is 51.2 Å². The Kier molecular flexibility index (Phi) is 4.34. The molecule has 0 radical (unpaired) electrons. The van der Waals surface area contributed by atoms with Crippen molar-refractivity contribution in [3.63, 3.8) is 0 Å². The molecule has 0 aliphatic heterocycles. The minimum Gasteiger partial charge on any atom is -0.361 e. The first-order valence-electron chi connectivity index (χ1n) is 8.85. The molecule has 0 aliphatic carbocycles. The Morgan fingerprint density at radius 2 is 1.93 bits per heavy atom. The molecule has 4 rings (SSSR count). The first kappa shape index (κ1) is 18.4. The van der Waals surface area contributed by atoms with Crippen LogP contribution in [-0.4, -0.2) is 31.2 Å². The zero-order valence-corrected chi connectivity index (χ0v) is 16.1. The number of pyridine rings is 1. The summed E-state index contributed by atoms with van der Waals surface area (Å²) in [6.07, 6.45) is 3.34. The Hall–Kier alpha value is -4.01. The molecule has 0 atom stereocenters. The van der Waals surface area contributed by atoms with Crippen molar-refractivity contribution in [3.05, 3.63) is 74.2 Å². The van der Waals surface area contributed by atoms with Crippen molar-refractivity contribution >= 4 is 34.1 Å². The average Bonchev–Trinajstić information content (AvgIpc) is 3.13. The maximum Gasteiger partial charge on any atom is 0.332 e. The molecule has 3 aromatic heterocycles. The average molecular weight is 390 g/mol. The molecule has 0 spiro atoms. The third-order valence-corrected chi connectivity index (χ3v) is 4.86. The number of fused-ring (bicyclic) bond motifs is 2. The fourth-order valence-corrected chi connectivity index (χ4v) is 3.24. The number of rotatable bonds is 3. The van der Waals surface area contributed by atoms with Gasteiger partial charge in [0.05, 0.1) is 22.9 Å². The number of para-hydroxylation sites is 1. The highest BCUT2D eigenvalue weighted by Crippen LogP contribution is 2.16. The topological polar surface area (TPSA) is 114 Å². The largest absolute Gasteiger partial charge is 0.361 e. The highest BCUT2D eigenvalue weighted by Gasteiger charge is 2.16. The smallest absolute Gasteiger partial charge is 0.332 e. The third-order valence-electron chi connectivity index (χ3n) is 4.86. The summed E-state index contributed by atoms with van der Waals surface area (Å²) in [4.78, 5) is 44.5. The van der Waals surface area contributed by atoms with Gasteiger partial charge < -0.3 is 4.98 Å². The summed E-state index contributed by atoms with van der Waals surface area (Å²) in [6.45, 7) is 1.64. The minimum atomic E-state index is -0.507. The minimum absolute atomic E-state index is 0.186. The first-order valence-corrected chi connectivity index (χ1v) is 8.85. The van der Waals surface area contributed by atoms with E-state index in [1.54, 1.807) is 19.3 Å². The van der Waals surface area contributed by atoms with Crippen LogP contribution in [0, 0.1) is 6.92 Å². The Morgan fingerprint density at radius 1 is 1.17 bits per heavy atom. The zero-order valence-electron chi connectivity index (χ0n) is 16.1. The number of nitrogens with zero attached hydrogens (tertiary/aromatic N) is 4. The first-order chi connectivity index (χ1) is 13.9.